The molecule has 32 heavy (non-hydrogen) atoms. The van der Waals surface area contributed by atoms with Gasteiger partial charge in [0.2, 0.25) is 0 Å². The summed E-state index contributed by atoms with van der Waals surface area (Å²) in [6.07, 6.45) is 0.0503. The van der Waals surface area contributed by atoms with Crippen LogP contribution in [0.1, 0.15) is 49.8 Å². The third-order valence-electron chi connectivity index (χ3n) is 4.45. The second kappa shape index (κ2) is 9.60. The first-order chi connectivity index (χ1) is 15.3. The smallest absolute Gasteiger partial charge is 0.348 e. The minimum absolute atomic E-state index is 0.0307. The minimum atomic E-state index is -1.20. The second-order valence-electron chi connectivity index (χ2n) is 6.54. The Morgan fingerprint density at radius 3 is 2.62 bits per heavy atom. The van der Waals surface area contributed by atoms with E-state index < -0.39 is 29.9 Å². The van der Waals surface area contributed by atoms with Crippen LogP contribution in [-0.2, 0) is 19.0 Å². The Bertz CT molecular complexity index is 1200. The Kier molecular flexibility index (Phi) is 6.89. The molecule has 1 amide bonds. The molecule has 0 spiro atoms. The zero-order chi connectivity index (χ0) is 23.4. The van der Waals surface area contributed by atoms with Gasteiger partial charge in [0.15, 0.2) is 18.1 Å². The summed E-state index contributed by atoms with van der Waals surface area (Å²) in [5.41, 5.74) is 1.51. The van der Waals surface area contributed by atoms with E-state index in [-0.39, 0.29) is 27.6 Å². The van der Waals surface area contributed by atoms with Gasteiger partial charge in [0, 0.05) is 0 Å². The van der Waals surface area contributed by atoms with E-state index in [0.717, 1.165) is 11.3 Å². The number of thiophene rings is 1. The van der Waals surface area contributed by atoms with Gasteiger partial charge >= 0.3 is 17.9 Å². The number of nitrogens with one attached hydrogen (secondary N) is 1. The maximum absolute atomic E-state index is 12.7. The number of aromatic nitrogens is 1. The number of nitrogens with zero attached hydrogens (tertiary/aromatic N) is 1. The molecular formula is C21H20N2O8S. The van der Waals surface area contributed by atoms with Crippen LogP contribution in [0.2, 0.25) is 0 Å². The Morgan fingerprint density at radius 2 is 1.94 bits per heavy atom. The molecule has 10 nitrogen and oxygen atoms in total. The molecule has 3 rings (SSSR count). The Hall–Kier alpha value is -3.73. The first-order valence-corrected chi connectivity index (χ1v) is 10.3. The first kappa shape index (κ1) is 22.9. The molecule has 2 aromatic heterocycles. The largest absolute Gasteiger partial charge is 0.465 e. The predicted molar refractivity (Wildman–Crippen MR) is 114 cm³/mol. The molecule has 0 fully saturated rings. The molecule has 1 aromatic carbocycles. The Morgan fingerprint density at radius 1 is 1.19 bits per heavy atom. The summed E-state index contributed by atoms with van der Waals surface area (Å²) in [6.45, 7) is 4.73. The fourth-order valence-corrected chi connectivity index (χ4v) is 3.91. The number of carbonyl (C=O) groups is 4. The summed E-state index contributed by atoms with van der Waals surface area (Å²) in [7, 11) is 1.19. The van der Waals surface area contributed by atoms with Crippen molar-refractivity contribution in [2.45, 2.75) is 26.9 Å². The maximum atomic E-state index is 12.7. The number of amides is 1. The van der Waals surface area contributed by atoms with Crippen LogP contribution in [0.5, 0.6) is 0 Å². The number of fused-ring (bicyclic) bond motifs is 1. The van der Waals surface area contributed by atoms with E-state index in [0.29, 0.717) is 16.7 Å². The minimum Gasteiger partial charge on any atom is -0.465 e. The van der Waals surface area contributed by atoms with Crippen molar-refractivity contribution in [1.82, 2.24) is 4.98 Å². The van der Waals surface area contributed by atoms with Crippen LogP contribution in [0.15, 0.2) is 29.0 Å². The lowest BCUT2D eigenvalue weighted by Crippen LogP contribution is -2.30. The van der Waals surface area contributed by atoms with Crippen LogP contribution in [0.4, 0.5) is 5.00 Å². The van der Waals surface area contributed by atoms with Gasteiger partial charge in [0.25, 0.3) is 5.91 Å². The molecule has 1 N–H and O–H groups in total. The number of oxazole rings is 1. The number of esters is 3. The predicted octanol–water partition coefficient (Wildman–Crippen LogP) is 3.35. The standard InChI is InChI=1S/C21H20N2O8S/c1-5-29-21(27)16-10(2)15(20(26)28-4)18(32-16)23-17(24)11(3)31-19(25)12-6-7-13-14(8-12)30-9-22-13/h6-9,11H,5H2,1-4H3,(H,23,24). The van der Waals surface area contributed by atoms with Gasteiger partial charge in [-0.1, -0.05) is 0 Å². The van der Waals surface area contributed by atoms with E-state index in [1.54, 1.807) is 19.9 Å². The van der Waals surface area contributed by atoms with Gasteiger partial charge in [0.05, 0.1) is 24.8 Å². The molecule has 0 saturated carbocycles. The summed E-state index contributed by atoms with van der Waals surface area (Å²) < 4.78 is 20.2. The van der Waals surface area contributed by atoms with Gasteiger partial charge < -0.3 is 23.9 Å². The third-order valence-corrected chi connectivity index (χ3v) is 5.64. The molecule has 2 heterocycles. The zero-order valence-electron chi connectivity index (χ0n) is 17.7. The molecule has 0 bridgehead atoms. The lowest BCUT2D eigenvalue weighted by molar-refractivity contribution is -0.123. The molecule has 0 aliphatic carbocycles. The number of ether oxygens (including phenoxy) is 3. The van der Waals surface area contributed by atoms with Gasteiger partial charge in [-0.15, -0.1) is 11.3 Å². The summed E-state index contributed by atoms with van der Waals surface area (Å²) in [5.74, 6) is -2.79. The SMILES string of the molecule is CCOC(=O)c1sc(NC(=O)C(C)OC(=O)c2ccc3ncoc3c2)c(C(=O)OC)c1C. The van der Waals surface area contributed by atoms with Gasteiger partial charge in [-0.2, -0.15) is 0 Å². The monoisotopic (exact) mass is 460 g/mol. The molecule has 0 aliphatic heterocycles. The average Bonchev–Trinajstić information content (AvgIpc) is 3.36. The zero-order valence-corrected chi connectivity index (χ0v) is 18.5. The second-order valence-corrected chi connectivity index (χ2v) is 7.56. The summed E-state index contributed by atoms with van der Waals surface area (Å²) in [5, 5.41) is 2.62. The summed E-state index contributed by atoms with van der Waals surface area (Å²) >= 11 is 0.874. The number of rotatable bonds is 7. The van der Waals surface area contributed by atoms with Crippen LogP contribution in [-0.4, -0.2) is 48.6 Å². The molecular weight excluding hydrogens is 440 g/mol. The number of carbonyl (C=O) groups excluding carboxylic acids is 4. The molecule has 0 aliphatic rings. The molecule has 3 aromatic rings. The van der Waals surface area contributed by atoms with Gasteiger partial charge in [-0.05, 0) is 44.5 Å². The van der Waals surface area contributed by atoms with E-state index in [9.17, 15) is 19.2 Å². The fraction of sp³-hybridized carbons (Fsp3) is 0.286. The summed E-state index contributed by atoms with van der Waals surface area (Å²) in [4.78, 5) is 53.6. The molecule has 0 radical (unpaired) electrons. The first-order valence-electron chi connectivity index (χ1n) is 9.50. The topological polar surface area (TPSA) is 134 Å². The van der Waals surface area contributed by atoms with E-state index in [2.05, 4.69) is 10.3 Å². The van der Waals surface area contributed by atoms with E-state index in [4.69, 9.17) is 18.6 Å². The molecule has 0 saturated heterocycles. The number of hydrogen-bond acceptors (Lipinski definition) is 10. The van der Waals surface area contributed by atoms with E-state index in [1.165, 1.54) is 32.6 Å². The summed E-state index contributed by atoms with van der Waals surface area (Å²) in [6, 6.07) is 4.55. The molecule has 1 unspecified atom stereocenters. The highest BCUT2D eigenvalue weighted by Crippen LogP contribution is 2.34. The highest BCUT2D eigenvalue weighted by Gasteiger charge is 2.29. The van der Waals surface area contributed by atoms with Crippen molar-refractivity contribution >= 4 is 51.3 Å². The van der Waals surface area contributed by atoms with Crippen LogP contribution in [0, 0.1) is 6.92 Å². The van der Waals surface area contributed by atoms with Gasteiger partial charge in [-0.25, -0.2) is 19.4 Å². The highest BCUT2D eigenvalue weighted by molar-refractivity contribution is 7.18. The third kappa shape index (κ3) is 4.62. The number of hydrogen-bond donors (Lipinski definition) is 1. The van der Waals surface area contributed by atoms with Crippen molar-refractivity contribution in [1.29, 1.82) is 0 Å². The van der Waals surface area contributed by atoms with Crippen LogP contribution >= 0.6 is 11.3 Å². The van der Waals surface area contributed by atoms with Crippen LogP contribution in [0.25, 0.3) is 11.1 Å². The lowest BCUT2D eigenvalue weighted by atomic mass is 10.1. The molecule has 168 valence electrons. The average molecular weight is 460 g/mol. The van der Waals surface area contributed by atoms with Crippen LogP contribution < -0.4 is 5.32 Å². The van der Waals surface area contributed by atoms with Crippen molar-refractivity contribution in [3.05, 3.63) is 46.2 Å². The highest BCUT2D eigenvalue weighted by atomic mass is 32.1. The van der Waals surface area contributed by atoms with Crippen molar-refractivity contribution in [3.63, 3.8) is 0 Å². The number of anilines is 1. The maximum Gasteiger partial charge on any atom is 0.348 e. The van der Waals surface area contributed by atoms with Gasteiger partial charge in [-0.3, -0.25) is 4.79 Å². The van der Waals surface area contributed by atoms with Crippen molar-refractivity contribution in [3.8, 4) is 0 Å². The number of methoxy groups -OCH3 is 1. The van der Waals surface area contributed by atoms with Crippen molar-refractivity contribution in [2.24, 2.45) is 0 Å². The lowest BCUT2D eigenvalue weighted by Gasteiger charge is -2.13. The van der Waals surface area contributed by atoms with Crippen LogP contribution in [0.3, 0.4) is 0 Å². The van der Waals surface area contributed by atoms with Crippen molar-refractivity contribution in [2.75, 3.05) is 19.0 Å². The van der Waals surface area contributed by atoms with E-state index in [1.807, 2.05) is 0 Å². The Balaban J connectivity index is 1.77. The Labute approximate surface area is 186 Å². The molecule has 11 heteroatoms. The van der Waals surface area contributed by atoms with Crippen molar-refractivity contribution < 1.29 is 37.8 Å². The quantitative estimate of drug-likeness (QED) is 0.416. The number of benzene rings is 1. The molecule has 1 atom stereocenters. The van der Waals surface area contributed by atoms with Gasteiger partial charge in [0.1, 0.15) is 15.4 Å². The normalized spacial score (nSPS) is 11.6. The fourth-order valence-electron chi connectivity index (χ4n) is 2.82. The van der Waals surface area contributed by atoms with E-state index >= 15 is 0 Å².